The summed E-state index contributed by atoms with van der Waals surface area (Å²) in [5, 5.41) is 4.24. The van der Waals surface area contributed by atoms with Crippen LogP contribution in [0.15, 0.2) is 48.5 Å². The molecule has 5 nitrogen and oxygen atoms in total. The molecule has 0 amide bonds. The zero-order valence-electron chi connectivity index (χ0n) is 18.7. The van der Waals surface area contributed by atoms with Crippen molar-refractivity contribution in [2.75, 3.05) is 27.9 Å². The molecule has 33 heavy (non-hydrogen) atoms. The molecule has 0 heterocycles. The van der Waals surface area contributed by atoms with Gasteiger partial charge < -0.3 is 24.3 Å². The van der Waals surface area contributed by atoms with E-state index in [0.29, 0.717) is 45.2 Å². The quantitative estimate of drug-likeness (QED) is 0.328. The SMILES string of the molecule is COc1ccc(CCNCc2cc(OC)c(OCc3ccc(F)cc3Cl)cc2Cl)cc1OC. The highest BCUT2D eigenvalue weighted by Gasteiger charge is 2.12. The Kier molecular flexibility index (Phi) is 9.06. The molecular weight excluding hydrogens is 468 g/mol. The van der Waals surface area contributed by atoms with E-state index in [-0.39, 0.29) is 6.61 Å². The molecule has 3 rings (SSSR count). The Labute approximate surface area is 203 Å². The number of halogens is 3. The third-order valence-electron chi connectivity index (χ3n) is 5.08. The zero-order chi connectivity index (χ0) is 23.8. The van der Waals surface area contributed by atoms with E-state index in [4.69, 9.17) is 42.1 Å². The summed E-state index contributed by atoms with van der Waals surface area (Å²) in [5.74, 6) is 2.05. The molecule has 0 saturated heterocycles. The summed E-state index contributed by atoms with van der Waals surface area (Å²) in [6.07, 6.45) is 0.814. The molecule has 0 aliphatic carbocycles. The molecule has 0 atom stereocenters. The highest BCUT2D eigenvalue weighted by molar-refractivity contribution is 6.31. The molecule has 0 spiro atoms. The van der Waals surface area contributed by atoms with Crippen molar-refractivity contribution < 1.29 is 23.3 Å². The van der Waals surface area contributed by atoms with E-state index in [2.05, 4.69) is 5.32 Å². The Morgan fingerprint density at radius 1 is 0.758 bits per heavy atom. The molecular formula is C25H26Cl2FNO4. The first-order chi connectivity index (χ1) is 15.9. The predicted octanol–water partition coefficient (Wildman–Crippen LogP) is 6.07. The first kappa shape index (κ1) is 25.0. The molecule has 1 N–H and O–H groups in total. The number of ether oxygens (including phenoxy) is 4. The van der Waals surface area contributed by atoms with Gasteiger partial charge in [0.1, 0.15) is 12.4 Å². The van der Waals surface area contributed by atoms with E-state index in [9.17, 15) is 4.39 Å². The molecule has 0 radical (unpaired) electrons. The minimum absolute atomic E-state index is 0.161. The molecule has 0 bridgehead atoms. The summed E-state index contributed by atoms with van der Waals surface area (Å²) in [7, 11) is 4.80. The Morgan fingerprint density at radius 3 is 2.15 bits per heavy atom. The van der Waals surface area contributed by atoms with Crippen LogP contribution in [-0.2, 0) is 19.6 Å². The number of hydrogen-bond donors (Lipinski definition) is 1. The minimum Gasteiger partial charge on any atom is -0.493 e. The van der Waals surface area contributed by atoms with Gasteiger partial charge in [0, 0.05) is 23.2 Å². The van der Waals surface area contributed by atoms with Crippen LogP contribution < -0.4 is 24.3 Å². The summed E-state index contributed by atoms with van der Waals surface area (Å²) >= 11 is 12.6. The van der Waals surface area contributed by atoms with E-state index >= 15 is 0 Å². The number of hydrogen-bond acceptors (Lipinski definition) is 5. The van der Waals surface area contributed by atoms with Gasteiger partial charge in [0.05, 0.1) is 26.4 Å². The second-order valence-electron chi connectivity index (χ2n) is 7.23. The topological polar surface area (TPSA) is 49.0 Å². The number of nitrogens with one attached hydrogen (secondary N) is 1. The van der Waals surface area contributed by atoms with Gasteiger partial charge in [0.15, 0.2) is 23.0 Å². The average Bonchev–Trinajstić information content (AvgIpc) is 2.82. The fourth-order valence-corrected chi connectivity index (χ4v) is 3.71. The molecule has 0 saturated carbocycles. The second kappa shape index (κ2) is 12.0. The van der Waals surface area contributed by atoms with Gasteiger partial charge >= 0.3 is 0 Å². The summed E-state index contributed by atoms with van der Waals surface area (Å²) < 4.78 is 35.2. The van der Waals surface area contributed by atoms with E-state index in [1.54, 1.807) is 33.5 Å². The third kappa shape index (κ3) is 6.67. The van der Waals surface area contributed by atoms with E-state index in [1.165, 1.54) is 12.1 Å². The molecule has 3 aromatic rings. The molecule has 0 aliphatic heterocycles. The van der Waals surface area contributed by atoms with Crippen LogP contribution in [0.2, 0.25) is 10.0 Å². The highest BCUT2D eigenvalue weighted by Crippen LogP contribution is 2.34. The van der Waals surface area contributed by atoms with Crippen LogP contribution in [0.5, 0.6) is 23.0 Å². The maximum Gasteiger partial charge on any atom is 0.163 e. The number of methoxy groups -OCH3 is 3. The van der Waals surface area contributed by atoms with Gasteiger partial charge in [-0.2, -0.15) is 0 Å². The van der Waals surface area contributed by atoms with Crippen molar-refractivity contribution in [3.05, 3.63) is 81.1 Å². The van der Waals surface area contributed by atoms with Gasteiger partial charge in [-0.05, 0) is 54.4 Å². The normalized spacial score (nSPS) is 10.7. The van der Waals surface area contributed by atoms with Gasteiger partial charge in [-0.3, -0.25) is 0 Å². The van der Waals surface area contributed by atoms with Crippen LogP contribution in [0.3, 0.4) is 0 Å². The molecule has 3 aromatic carbocycles. The molecule has 8 heteroatoms. The first-order valence-electron chi connectivity index (χ1n) is 10.3. The van der Waals surface area contributed by atoms with Crippen molar-refractivity contribution in [3.8, 4) is 23.0 Å². The Morgan fingerprint density at radius 2 is 1.45 bits per heavy atom. The Bertz CT molecular complexity index is 1090. The van der Waals surface area contributed by atoms with Gasteiger partial charge in [-0.25, -0.2) is 4.39 Å². The molecule has 0 aliphatic rings. The number of rotatable bonds is 11. The maximum absolute atomic E-state index is 13.2. The summed E-state index contributed by atoms with van der Waals surface area (Å²) in [6, 6.07) is 13.6. The summed E-state index contributed by atoms with van der Waals surface area (Å²) in [4.78, 5) is 0. The van der Waals surface area contributed by atoms with Gasteiger partial charge in [0.25, 0.3) is 0 Å². The average molecular weight is 494 g/mol. The lowest BCUT2D eigenvalue weighted by atomic mass is 10.1. The van der Waals surface area contributed by atoms with E-state index in [0.717, 1.165) is 24.1 Å². The fourth-order valence-electron chi connectivity index (χ4n) is 3.27. The monoisotopic (exact) mass is 493 g/mol. The molecule has 0 aromatic heterocycles. The lowest BCUT2D eigenvalue weighted by Crippen LogP contribution is -2.17. The van der Waals surface area contributed by atoms with Crippen molar-refractivity contribution in [2.24, 2.45) is 0 Å². The highest BCUT2D eigenvalue weighted by atomic mass is 35.5. The van der Waals surface area contributed by atoms with Crippen LogP contribution in [0.25, 0.3) is 0 Å². The fraction of sp³-hybridized carbons (Fsp3) is 0.280. The van der Waals surface area contributed by atoms with Gasteiger partial charge in [-0.1, -0.05) is 35.3 Å². The van der Waals surface area contributed by atoms with Crippen LogP contribution in [0, 0.1) is 5.82 Å². The second-order valence-corrected chi connectivity index (χ2v) is 8.05. The van der Waals surface area contributed by atoms with Crippen LogP contribution in [-0.4, -0.2) is 27.9 Å². The standard InChI is InChI=1S/C25H26Cl2FNO4/c1-30-22-7-4-16(10-23(22)31-2)8-9-29-14-18-11-24(32-3)25(13-21(18)27)33-15-17-5-6-19(28)12-20(17)26/h4-7,10-13,29H,8-9,14-15H2,1-3H3. The Balaban J connectivity index is 1.59. The van der Waals surface area contributed by atoms with E-state index in [1.807, 2.05) is 24.3 Å². The minimum atomic E-state index is -0.396. The van der Waals surface area contributed by atoms with Crippen LogP contribution in [0.1, 0.15) is 16.7 Å². The Hall–Kier alpha value is -2.67. The molecule has 0 unspecified atom stereocenters. The lowest BCUT2D eigenvalue weighted by Gasteiger charge is -2.15. The lowest BCUT2D eigenvalue weighted by molar-refractivity contribution is 0.284. The van der Waals surface area contributed by atoms with Crippen molar-refractivity contribution in [3.63, 3.8) is 0 Å². The number of benzene rings is 3. The largest absolute Gasteiger partial charge is 0.493 e. The smallest absolute Gasteiger partial charge is 0.163 e. The maximum atomic E-state index is 13.2. The first-order valence-corrected chi connectivity index (χ1v) is 11.1. The summed E-state index contributed by atoms with van der Waals surface area (Å²) in [6.45, 7) is 1.47. The predicted molar refractivity (Wildman–Crippen MR) is 129 cm³/mol. The van der Waals surface area contributed by atoms with Gasteiger partial charge in [-0.15, -0.1) is 0 Å². The van der Waals surface area contributed by atoms with Crippen LogP contribution in [0.4, 0.5) is 4.39 Å². The molecule has 0 fully saturated rings. The van der Waals surface area contributed by atoms with Crippen molar-refractivity contribution in [1.82, 2.24) is 5.32 Å². The summed E-state index contributed by atoms with van der Waals surface area (Å²) in [5.41, 5.74) is 2.68. The van der Waals surface area contributed by atoms with Crippen LogP contribution >= 0.6 is 23.2 Å². The van der Waals surface area contributed by atoms with Crippen molar-refractivity contribution in [2.45, 2.75) is 19.6 Å². The zero-order valence-corrected chi connectivity index (χ0v) is 20.2. The van der Waals surface area contributed by atoms with Crippen molar-refractivity contribution in [1.29, 1.82) is 0 Å². The van der Waals surface area contributed by atoms with E-state index < -0.39 is 5.82 Å². The molecule has 176 valence electrons. The van der Waals surface area contributed by atoms with Crippen molar-refractivity contribution >= 4 is 23.2 Å². The third-order valence-corrected chi connectivity index (χ3v) is 5.79. The van der Waals surface area contributed by atoms with Gasteiger partial charge in [0.2, 0.25) is 0 Å².